The van der Waals surface area contributed by atoms with Crippen LogP contribution in [0.2, 0.25) is 0 Å². The molecular weight excluding hydrogens is 214 g/mol. The fraction of sp³-hybridized carbons (Fsp3) is 1.00. The summed E-state index contributed by atoms with van der Waals surface area (Å²) < 4.78 is 5.10. The van der Waals surface area contributed by atoms with Gasteiger partial charge in [-0.25, -0.2) is 0 Å². The summed E-state index contributed by atoms with van der Waals surface area (Å²) in [4.78, 5) is 2.42. The number of nitrogens with zero attached hydrogens (tertiary/aromatic N) is 1. The molecule has 17 heavy (non-hydrogen) atoms. The normalized spacial score (nSPS) is 30.2. The van der Waals surface area contributed by atoms with E-state index in [1.54, 1.807) is 7.11 Å². The van der Waals surface area contributed by atoms with Crippen molar-refractivity contribution in [2.45, 2.75) is 51.7 Å². The Morgan fingerprint density at radius 3 is 2.65 bits per heavy atom. The second-order valence-corrected chi connectivity index (χ2v) is 5.77. The molecule has 0 saturated heterocycles. The lowest BCUT2D eigenvalue weighted by Crippen LogP contribution is -2.46. The molecule has 0 aromatic carbocycles. The van der Waals surface area contributed by atoms with Crippen LogP contribution < -0.4 is 0 Å². The molecule has 1 fully saturated rings. The Kier molecular flexibility index (Phi) is 6.45. The van der Waals surface area contributed by atoms with Gasteiger partial charge in [-0.15, -0.1) is 0 Å². The average Bonchev–Trinajstić information content (AvgIpc) is 2.28. The van der Waals surface area contributed by atoms with Gasteiger partial charge in [0.15, 0.2) is 0 Å². The van der Waals surface area contributed by atoms with E-state index in [2.05, 4.69) is 25.8 Å². The second-order valence-electron chi connectivity index (χ2n) is 5.77. The van der Waals surface area contributed by atoms with Crippen LogP contribution in [-0.2, 0) is 4.74 Å². The first kappa shape index (κ1) is 14.9. The molecule has 3 nitrogen and oxygen atoms in total. The summed E-state index contributed by atoms with van der Waals surface area (Å²) in [6, 6.07) is 0.538. The number of hydrogen-bond acceptors (Lipinski definition) is 3. The van der Waals surface area contributed by atoms with Gasteiger partial charge in [0.05, 0.1) is 6.10 Å². The predicted molar refractivity (Wildman–Crippen MR) is 71.1 cm³/mol. The number of aliphatic hydroxyl groups is 1. The Morgan fingerprint density at radius 2 is 2.06 bits per heavy atom. The number of hydrogen-bond donors (Lipinski definition) is 1. The molecule has 1 saturated carbocycles. The number of rotatable bonds is 6. The minimum atomic E-state index is -0.0973. The zero-order valence-electron chi connectivity index (χ0n) is 11.9. The van der Waals surface area contributed by atoms with Crippen LogP contribution in [0.1, 0.15) is 39.5 Å². The molecule has 102 valence electrons. The lowest BCUT2D eigenvalue weighted by molar-refractivity contribution is 0.0196. The highest BCUT2D eigenvalue weighted by Gasteiger charge is 2.33. The zero-order chi connectivity index (χ0) is 12.8. The van der Waals surface area contributed by atoms with E-state index < -0.39 is 0 Å². The molecule has 0 spiro atoms. The van der Waals surface area contributed by atoms with E-state index in [9.17, 15) is 5.11 Å². The van der Waals surface area contributed by atoms with Crippen LogP contribution in [0.25, 0.3) is 0 Å². The Bertz CT molecular complexity index is 208. The molecule has 1 aliphatic rings. The van der Waals surface area contributed by atoms with Crippen molar-refractivity contribution in [3.63, 3.8) is 0 Å². The Labute approximate surface area is 106 Å². The molecule has 3 unspecified atom stereocenters. The molecule has 0 aromatic rings. The third-order valence-electron chi connectivity index (χ3n) is 4.12. The van der Waals surface area contributed by atoms with Gasteiger partial charge >= 0.3 is 0 Å². The summed E-state index contributed by atoms with van der Waals surface area (Å²) in [6.07, 6.45) is 4.06. The maximum Gasteiger partial charge on any atom is 0.0555 e. The molecule has 0 bridgehead atoms. The molecule has 1 aliphatic carbocycles. The van der Waals surface area contributed by atoms with Crippen LogP contribution in [0, 0.1) is 11.8 Å². The fourth-order valence-electron chi connectivity index (χ4n) is 3.06. The maximum atomic E-state index is 9.85. The lowest BCUT2D eigenvalue weighted by atomic mass is 9.76. The van der Waals surface area contributed by atoms with Crippen LogP contribution in [-0.4, -0.2) is 49.5 Å². The second kappa shape index (κ2) is 7.34. The highest BCUT2D eigenvalue weighted by molar-refractivity contribution is 4.87. The quantitative estimate of drug-likeness (QED) is 0.726. The van der Waals surface area contributed by atoms with Gasteiger partial charge in [0.2, 0.25) is 0 Å². The monoisotopic (exact) mass is 243 g/mol. The van der Waals surface area contributed by atoms with Crippen LogP contribution in [0.5, 0.6) is 0 Å². The third-order valence-corrected chi connectivity index (χ3v) is 4.12. The summed E-state index contributed by atoms with van der Waals surface area (Å²) in [6.45, 7) is 6.50. The first-order valence-electron chi connectivity index (χ1n) is 6.93. The summed E-state index contributed by atoms with van der Waals surface area (Å²) in [5, 5.41) is 9.85. The van der Waals surface area contributed by atoms with Gasteiger partial charge in [0, 0.05) is 26.3 Å². The van der Waals surface area contributed by atoms with Gasteiger partial charge in [0.25, 0.3) is 0 Å². The first-order chi connectivity index (χ1) is 8.06. The fourth-order valence-corrected chi connectivity index (χ4v) is 3.06. The average molecular weight is 243 g/mol. The van der Waals surface area contributed by atoms with Crippen LogP contribution >= 0.6 is 0 Å². The summed E-state index contributed by atoms with van der Waals surface area (Å²) >= 11 is 0. The highest BCUT2D eigenvalue weighted by Crippen LogP contribution is 2.33. The van der Waals surface area contributed by atoms with Crippen molar-refractivity contribution >= 4 is 0 Å². The van der Waals surface area contributed by atoms with E-state index in [4.69, 9.17) is 4.74 Å². The van der Waals surface area contributed by atoms with Crippen molar-refractivity contribution < 1.29 is 9.84 Å². The highest BCUT2D eigenvalue weighted by atomic mass is 16.5. The molecule has 0 amide bonds. The van der Waals surface area contributed by atoms with Crippen molar-refractivity contribution in [3.05, 3.63) is 0 Å². The Morgan fingerprint density at radius 1 is 1.35 bits per heavy atom. The van der Waals surface area contributed by atoms with Gasteiger partial charge in [-0.3, -0.25) is 0 Å². The maximum absolute atomic E-state index is 9.85. The van der Waals surface area contributed by atoms with Gasteiger partial charge in [0.1, 0.15) is 0 Å². The number of ether oxygens (including phenoxy) is 1. The van der Waals surface area contributed by atoms with E-state index in [-0.39, 0.29) is 6.10 Å². The predicted octanol–water partition coefficient (Wildman–Crippen LogP) is 2.14. The summed E-state index contributed by atoms with van der Waals surface area (Å²) in [5.41, 5.74) is 0. The first-order valence-corrected chi connectivity index (χ1v) is 6.93. The Hall–Kier alpha value is -0.120. The number of aliphatic hydroxyl groups excluding tert-OH is 1. The smallest absolute Gasteiger partial charge is 0.0555 e. The molecule has 0 heterocycles. The van der Waals surface area contributed by atoms with Crippen molar-refractivity contribution in [2.75, 3.05) is 27.3 Å². The third kappa shape index (κ3) is 4.57. The molecule has 1 rings (SSSR count). The zero-order valence-corrected chi connectivity index (χ0v) is 11.9. The van der Waals surface area contributed by atoms with E-state index in [0.717, 1.165) is 44.8 Å². The lowest BCUT2D eigenvalue weighted by Gasteiger charge is -2.42. The van der Waals surface area contributed by atoms with E-state index in [1.807, 2.05) is 0 Å². The van der Waals surface area contributed by atoms with Gasteiger partial charge in [-0.2, -0.15) is 0 Å². The molecule has 3 atom stereocenters. The van der Waals surface area contributed by atoms with Gasteiger partial charge < -0.3 is 14.7 Å². The minimum absolute atomic E-state index is 0.0973. The largest absolute Gasteiger partial charge is 0.393 e. The van der Waals surface area contributed by atoms with Crippen LogP contribution in [0.15, 0.2) is 0 Å². The van der Waals surface area contributed by atoms with Crippen molar-refractivity contribution in [1.29, 1.82) is 0 Å². The van der Waals surface area contributed by atoms with Crippen molar-refractivity contribution in [2.24, 2.45) is 11.8 Å². The topological polar surface area (TPSA) is 32.7 Å². The van der Waals surface area contributed by atoms with Gasteiger partial charge in [-0.1, -0.05) is 13.8 Å². The SMILES string of the molecule is COCCCN(C)C1CC(O)CCC1C(C)C. The molecule has 3 heteroatoms. The summed E-state index contributed by atoms with van der Waals surface area (Å²) in [5.74, 6) is 1.43. The molecule has 0 aliphatic heterocycles. The van der Waals surface area contributed by atoms with Crippen LogP contribution in [0.4, 0.5) is 0 Å². The van der Waals surface area contributed by atoms with E-state index in [1.165, 1.54) is 0 Å². The Balaban J connectivity index is 2.49. The van der Waals surface area contributed by atoms with Crippen molar-refractivity contribution in [3.8, 4) is 0 Å². The van der Waals surface area contributed by atoms with E-state index >= 15 is 0 Å². The molecule has 0 aromatic heterocycles. The minimum Gasteiger partial charge on any atom is -0.393 e. The summed E-state index contributed by atoms with van der Waals surface area (Å²) in [7, 11) is 3.94. The van der Waals surface area contributed by atoms with Crippen molar-refractivity contribution in [1.82, 2.24) is 4.90 Å². The van der Waals surface area contributed by atoms with E-state index in [0.29, 0.717) is 12.0 Å². The standard InChI is InChI=1S/C14H29NO2/c1-11(2)13-7-6-12(16)10-14(13)15(3)8-5-9-17-4/h11-14,16H,5-10H2,1-4H3. The van der Waals surface area contributed by atoms with Crippen LogP contribution in [0.3, 0.4) is 0 Å². The molecule has 0 radical (unpaired) electrons. The van der Waals surface area contributed by atoms with Gasteiger partial charge in [-0.05, 0) is 44.6 Å². The number of methoxy groups -OCH3 is 1. The molecule has 1 N–H and O–H groups in total. The molecular formula is C14H29NO2.